The lowest BCUT2D eigenvalue weighted by molar-refractivity contribution is -0.111. The standard InChI is InChI=1S/C22H14Br3N3O3/c1-30-21-12(6-14(23)8-17(21)25)2-5-20(29)27-16-3-4-19-18(9-16)28-22(31-19)13-7-15(24)11-26-10-13/h2-11H,1H3,(H,27,29)/b5-2+. The summed E-state index contributed by atoms with van der Waals surface area (Å²) >= 11 is 10.3. The van der Waals surface area contributed by atoms with Gasteiger partial charge in [-0.3, -0.25) is 9.78 Å². The van der Waals surface area contributed by atoms with Crippen LogP contribution in [-0.4, -0.2) is 23.0 Å². The summed E-state index contributed by atoms with van der Waals surface area (Å²) < 4.78 is 13.7. The molecule has 2 aromatic carbocycles. The van der Waals surface area contributed by atoms with Crippen LogP contribution in [0.5, 0.6) is 5.75 Å². The Labute approximate surface area is 203 Å². The summed E-state index contributed by atoms with van der Waals surface area (Å²) in [5.41, 5.74) is 3.38. The van der Waals surface area contributed by atoms with E-state index in [1.165, 1.54) is 6.08 Å². The van der Waals surface area contributed by atoms with Gasteiger partial charge in [-0.15, -0.1) is 0 Å². The third-order valence-corrected chi connectivity index (χ3v) is 5.74. The van der Waals surface area contributed by atoms with E-state index in [9.17, 15) is 4.79 Å². The number of nitrogens with zero attached hydrogens (tertiary/aromatic N) is 2. The van der Waals surface area contributed by atoms with Gasteiger partial charge in [0.1, 0.15) is 11.3 Å². The van der Waals surface area contributed by atoms with Gasteiger partial charge in [-0.05, 0) is 74.3 Å². The fourth-order valence-electron chi connectivity index (χ4n) is 2.93. The van der Waals surface area contributed by atoms with Crippen molar-refractivity contribution in [3.63, 3.8) is 0 Å². The molecule has 0 spiro atoms. The maximum atomic E-state index is 12.4. The van der Waals surface area contributed by atoms with Crippen molar-refractivity contribution in [2.24, 2.45) is 0 Å². The molecule has 6 nitrogen and oxygen atoms in total. The minimum absolute atomic E-state index is 0.280. The molecule has 0 atom stereocenters. The third-order valence-electron chi connectivity index (χ3n) is 4.26. The molecule has 31 heavy (non-hydrogen) atoms. The van der Waals surface area contributed by atoms with Crippen molar-refractivity contribution < 1.29 is 13.9 Å². The predicted molar refractivity (Wildman–Crippen MR) is 131 cm³/mol. The van der Waals surface area contributed by atoms with E-state index in [1.807, 2.05) is 18.2 Å². The molecule has 0 unspecified atom stereocenters. The van der Waals surface area contributed by atoms with Gasteiger partial charge in [-0.2, -0.15) is 0 Å². The highest BCUT2D eigenvalue weighted by molar-refractivity contribution is 9.11. The number of anilines is 1. The van der Waals surface area contributed by atoms with Crippen molar-refractivity contribution in [3.8, 4) is 17.2 Å². The number of fused-ring (bicyclic) bond motifs is 1. The predicted octanol–water partition coefficient (Wildman–Crippen LogP) is 6.84. The maximum Gasteiger partial charge on any atom is 0.248 e. The van der Waals surface area contributed by atoms with Crippen LogP contribution in [0.15, 0.2) is 72.7 Å². The van der Waals surface area contributed by atoms with Crippen LogP contribution in [0.25, 0.3) is 28.6 Å². The van der Waals surface area contributed by atoms with E-state index in [4.69, 9.17) is 9.15 Å². The Hall–Kier alpha value is -2.49. The van der Waals surface area contributed by atoms with E-state index in [1.54, 1.807) is 43.8 Å². The topological polar surface area (TPSA) is 77.2 Å². The van der Waals surface area contributed by atoms with E-state index in [0.717, 1.165) is 24.5 Å². The number of benzene rings is 2. The average Bonchev–Trinajstić information content (AvgIpc) is 3.15. The Morgan fingerprint density at radius 3 is 2.71 bits per heavy atom. The van der Waals surface area contributed by atoms with Crippen LogP contribution in [0, 0.1) is 0 Å². The van der Waals surface area contributed by atoms with Gasteiger partial charge in [0.25, 0.3) is 0 Å². The van der Waals surface area contributed by atoms with Crippen LogP contribution >= 0.6 is 47.8 Å². The second-order valence-electron chi connectivity index (χ2n) is 6.43. The first-order chi connectivity index (χ1) is 14.9. The zero-order chi connectivity index (χ0) is 22.0. The Balaban J connectivity index is 1.53. The number of carbonyl (C=O) groups is 1. The van der Waals surface area contributed by atoms with E-state index in [0.29, 0.717) is 28.4 Å². The van der Waals surface area contributed by atoms with Crippen LogP contribution in [0.4, 0.5) is 5.69 Å². The fraction of sp³-hybridized carbons (Fsp3) is 0.0455. The fourth-order valence-corrected chi connectivity index (χ4v) is 4.71. The first-order valence-corrected chi connectivity index (χ1v) is 11.3. The molecule has 1 N–H and O–H groups in total. The van der Waals surface area contributed by atoms with Crippen LogP contribution in [0.1, 0.15) is 5.56 Å². The third kappa shape index (κ3) is 5.06. The van der Waals surface area contributed by atoms with Gasteiger partial charge in [0.05, 0.1) is 17.1 Å². The Morgan fingerprint density at radius 1 is 1.10 bits per heavy atom. The number of nitrogens with one attached hydrogen (secondary N) is 1. The number of hydrogen-bond donors (Lipinski definition) is 1. The number of hydrogen-bond acceptors (Lipinski definition) is 5. The van der Waals surface area contributed by atoms with Crippen molar-refractivity contribution in [2.45, 2.75) is 0 Å². The molecule has 156 valence electrons. The summed E-state index contributed by atoms with van der Waals surface area (Å²) in [4.78, 5) is 21.1. The normalized spacial score (nSPS) is 11.2. The number of ether oxygens (including phenoxy) is 1. The van der Waals surface area contributed by atoms with Gasteiger partial charge in [-0.25, -0.2) is 4.98 Å². The summed E-state index contributed by atoms with van der Waals surface area (Å²) in [5, 5.41) is 2.84. The molecular formula is C22H14Br3N3O3. The monoisotopic (exact) mass is 605 g/mol. The molecular weight excluding hydrogens is 594 g/mol. The summed E-state index contributed by atoms with van der Waals surface area (Å²) in [6.45, 7) is 0. The van der Waals surface area contributed by atoms with Crippen molar-refractivity contribution in [3.05, 3.63) is 73.8 Å². The molecule has 4 rings (SSSR count). The minimum atomic E-state index is -0.280. The van der Waals surface area contributed by atoms with Crippen molar-refractivity contribution >= 4 is 76.6 Å². The molecule has 0 aliphatic carbocycles. The van der Waals surface area contributed by atoms with Gasteiger partial charge in [0, 0.05) is 38.7 Å². The number of amides is 1. The molecule has 0 bridgehead atoms. The molecule has 4 aromatic rings. The summed E-state index contributed by atoms with van der Waals surface area (Å²) in [5.74, 6) is 0.822. The summed E-state index contributed by atoms with van der Waals surface area (Å²) in [6, 6.07) is 10.9. The van der Waals surface area contributed by atoms with E-state index < -0.39 is 0 Å². The molecule has 0 saturated carbocycles. The van der Waals surface area contributed by atoms with Crippen molar-refractivity contribution in [1.82, 2.24) is 9.97 Å². The molecule has 0 aliphatic heterocycles. The molecule has 1 amide bonds. The summed E-state index contributed by atoms with van der Waals surface area (Å²) in [6.07, 6.45) is 6.51. The lowest BCUT2D eigenvalue weighted by Gasteiger charge is -2.08. The highest BCUT2D eigenvalue weighted by Crippen LogP contribution is 2.33. The lowest BCUT2D eigenvalue weighted by atomic mass is 10.2. The molecule has 0 saturated heterocycles. The van der Waals surface area contributed by atoms with E-state index in [-0.39, 0.29) is 5.91 Å². The number of oxazole rings is 1. The smallest absolute Gasteiger partial charge is 0.248 e. The Kier molecular flexibility index (Phi) is 6.54. The maximum absolute atomic E-state index is 12.4. The van der Waals surface area contributed by atoms with Crippen molar-refractivity contribution in [2.75, 3.05) is 12.4 Å². The van der Waals surface area contributed by atoms with E-state index >= 15 is 0 Å². The number of halogens is 3. The van der Waals surface area contributed by atoms with Gasteiger partial charge < -0.3 is 14.5 Å². The lowest BCUT2D eigenvalue weighted by Crippen LogP contribution is -2.07. The van der Waals surface area contributed by atoms with Gasteiger partial charge in [0.15, 0.2) is 5.58 Å². The van der Waals surface area contributed by atoms with Crippen molar-refractivity contribution in [1.29, 1.82) is 0 Å². The second-order valence-corrected chi connectivity index (χ2v) is 9.11. The van der Waals surface area contributed by atoms with E-state index in [2.05, 4.69) is 63.1 Å². The minimum Gasteiger partial charge on any atom is -0.495 e. The highest BCUT2D eigenvalue weighted by Gasteiger charge is 2.11. The first-order valence-electron chi connectivity index (χ1n) is 8.96. The molecule has 2 heterocycles. The van der Waals surface area contributed by atoms with Crippen LogP contribution in [0.3, 0.4) is 0 Å². The Bertz CT molecular complexity index is 1320. The zero-order valence-electron chi connectivity index (χ0n) is 16.0. The zero-order valence-corrected chi connectivity index (χ0v) is 20.8. The molecule has 2 aromatic heterocycles. The van der Waals surface area contributed by atoms with Gasteiger partial charge in [-0.1, -0.05) is 15.9 Å². The van der Waals surface area contributed by atoms with Gasteiger partial charge in [0.2, 0.25) is 11.8 Å². The number of carbonyl (C=O) groups excluding carboxylic acids is 1. The number of rotatable bonds is 5. The largest absolute Gasteiger partial charge is 0.495 e. The molecule has 0 fully saturated rings. The average molecular weight is 608 g/mol. The molecule has 9 heteroatoms. The molecule has 0 aliphatic rings. The second kappa shape index (κ2) is 9.33. The number of pyridine rings is 1. The Morgan fingerprint density at radius 2 is 1.94 bits per heavy atom. The van der Waals surface area contributed by atoms with Crippen LogP contribution < -0.4 is 10.1 Å². The number of methoxy groups -OCH3 is 1. The highest BCUT2D eigenvalue weighted by atomic mass is 79.9. The van der Waals surface area contributed by atoms with Crippen LogP contribution in [0.2, 0.25) is 0 Å². The number of aromatic nitrogens is 2. The quantitative estimate of drug-likeness (QED) is 0.252. The van der Waals surface area contributed by atoms with Gasteiger partial charge >= 0.3 is 0 Å². The summed E-state index contributed by atoms with van der Waals surface area (Å²) in [7, 11) is 1.58. The van der Waals surface area contributed by atoms with Crippen LogP contribution in [-0.2, 0) is 4.79 Å². The molecule has 0 radical (unpaired) electrons. The first kappa shape index (κ1) is 21.7. The SMILES string of the molecule is COc1c(Br)cc(Br)cc1/C=C/C(=O)Nc1ccc2oc(-c3cncc(Br)c3)nc2c1.